The summed E-state index contributed by atoms with van der Waals surface area (Å²) in [5.74, 6) is 4.85. The number of carbonyl (C=O) groups is 3. The zero-order valence-electron chi connectivity index (χ0n) is 18.8. The summed E-state index contributed by atoms with van der Waals surface area (Å²) in [6.07, 6.45) is 3.23. The largest absolute Gasteiger partial charge is 0.292 e. The number of hydrazone groups is 1. The molecule has 0 saturated carbocycles. The predicted molar refractivity (Wildman–Crippen MR) is 143 cm³/mol. The van der Waals surface area contributed by atoms with Crippen molar-refractivity contribution < 1.29 is 14.4 Å². The van der Waals surface area contributed by atoms with E-state index >= 15 is 0 Å². The fourth-order valence-corrected chi connectivity index (χ4v) is 5.56. The summed E-state index contributed by atoms with van der Waals surface area (Å²) < 4.78 is 0. The number of rotatable bonds is 7. The maximum Gasteiger partial charge on any atom is 0.281 e. The molecule has 2 amide bonds. The zero-order chi connectivity index (χ0) is 25.8. The number of halogens is 2. The van der Waals surface area contributed by atoms with E-state index in [9.17, 15) is 14.4 Å². The fourth-order valence-electron chi connectivity index (χ4n) is 3.29. The highest BCUT2D eigenvalue weighted by Crippen LogP contribution is 2.41. The molecule has 12 heteroatoms. The molecule has 0 fully saturated rings. The molecule has 1 aliphatic rings. The standard InChI is InChI=1S/C24H19Cl2N5O3S2/c1-13(16-12-35-22(21(16)32)15-2-3-17(25)18(26)10-15)29-30-23(33)19-4-5-20(36-19)24(34)31(27)11-14-6-8-28-9-7-14/h2-10,12,22H,11,27H2,1H3,(H,30,33)/b29-13+. The summed E-state index contributed by atoms with van der Waals surface area (Å²) in [7, 11) is 0. The van der Waals surface area contributed by atoms with E-state index in [1.807, 2.05) is 0 Å². The highest BCUT2D eigenvalue weighted by atomic mass is 35.5. The van der Waals surface area contributed by atoms with Crippen molar-refractivity contribution in [2.75, 3.05) is 0 Å². The Hall–Kier alpha value is -3.02. The summed E-state index contributed by atoms with van der Waals surface area (Å²) in [5.41, 5.74) is 4.77. The molecule has 1 unspecified atom stereocenters. The number of thioether (sulfide) groups is 1. The van der Waals surface area contributed by atoms with Gasteiger partial charge in [0.1, 0.15) is 0 Å². The zero-order valence-corrected chi connectivity index (χ0v) is 21.9. The minimum Gasteiger partial charge on any atom is -0.292 e. The number of aromatic nitrogens is 1. The monoisotopic (exact) mass is 559 g/mol. The number of hydrazine groups is 1. The first-order valence-electron chi connectivity index (χ1n) is 10.5. The van der Waals surface area contributed by atoms with Crippen LogP contribution in [0.4, 0.5) is 0 Å². The van der Waals surface area contributed by atoms with Gasteiger partial charge >= 0.3 is 0 Å². The molecule has 36 heavy (non-hydrogen) atoms. The third-order valence-corrected chi connectivity index (χ3v) is 8.13. The van der Waals surface area contributed by atoms with E-state index in [1.165, 1.54) is 23.9 Å². The van der Waals surface area contributed by atoms with Crippen LogP contribution in [0.3, 0.4) is 0 Å². The Bertz CT molecular complexity index is 1390. The second-order valence-corrected chi connectivity index (χ2v) is 10.6. The number of Topliss-reactive ketones (excluding diaryl/α,β-unsaturated/α-hetero) is 1. The Morgan fingerprint density at radius 1 is 1.11 bits per heavy atom. The Morgan fingerprint density at radius 2 is 1.83 bits per heavy atom. The molecular formula is C24H19Cl2N5O3S2. The number of nitrogens with two attached hydrogens (primary N) is 1. The van der Waals surface area contributed by atoms with Gasteiger partial charge in [-0.3, -0.25) is 24.4 Å². The van der Waals surface area contributed by atoms with E-state index in [0.717, 1.165) is 27.5 Å². The van der Waals surface area contributed by atoms with Crippen LogP contribution in [-0.2, 0) is 11.3 Å². The smallest absolute Gasteiger partial charge is 0.281 e. The number of nitrogens with one attached hydrogen (secondary N) is 1. The predicted octanol–water partition coefficient (Wildman–Crippen LogP) is 5.01. The van der Waals surface area contributed by atoms with Gasteiger partial charge in [-0.1, -0.05) is 29.3 Å². The molecule has 2 aromatic heterocycles. The highest BCUT2D eigenvalue weighted by Gasteiger charge is 2.31. The fraction of sp³-hybridized carbons (Fsp3) is 0.125. The number of carbonyl (C=O) groups excluding carboxylic acids is 3. The minimum absolute atomic E-state index is 0.143. The van der Waals surface area contributed by atoms with Crippen LogP contribution in [0.25, 0.3) is 0 Å². The maximum atomic E-state index is 12.9. The number of nitrogens with zero attached hydrogens (tertiary/aromatic N) is 3. The van der Waals surface area contributed by atoms with Crippen LogP contribution in [0.15, 0.2) is 70.9 Å². The Labute approximate surface area is 225 Å². The van der Waals surface area contributed by atoms with Crippen molar-refractivity contribution >= 4 is 69.6 Å². The lowest BCUT2D eigenvalue weighted by molar-refractivity contribution is -0.114. The molecule has 3 N–H and O–H groups in total. The lowest BCUT2D eigenvalue weighted by Crippen LogP contribution is -2.36. The average molecular weight is 560 g/mol. The van der Waals surface area contributed by atoms with Crippen LogP contribution in [0.2, 0.25) is 10.0 Å². The van der Waals surface area contributed by atoms with Gasteiger partial charge in [0.15, 0.2) is 5.78 Å². The first kappa shape index (κ1) is 26.1. The van der Waals surface area contributed by atoms with Gasteiger partial charge in [-0.15, -0.1) is 23.1 Å². The van der Waals surface area contributed by atoms with Crippen molar-refractivity contribution in [3.63, 3.8) is 0 Å². The lowest BCUT2D eigenvalue weighted by Gasteiger charge is -2.15. The third kappa shape index (κ3) is 5.85. The number of pyridine rings is 1. The second-order valence-electron chi connectivity index (χ2n) is 7.68. The number of hydrogen-bond acceptors (Lipinski definition) is 8. The van der Waals surface area contributed by atoms with Crippen LogP contribution in [-0.4, -0.2) is 33.3 Å². The SMILES string of the molecule is C/C(=N\NC(=O)c1ccc(C(=O)N(N)Cc2ccncc2)s1)C1=CSC(c2ccc(Cl)c(Cl)c2)C1=O. The summed E-state index contributed by atoms with van der Waals surface area (Å²) in [4.78, 5) is 42.7. The molecule has 0 radical (unpaired) electrons. The van der Waals surface area contributed by atoms with E-state index < -0.39 is 17.1 Å². The maximum absolute atomic E-state index is 12.9. The van der Waals surface area contributed by atoms with E-state index in [-0.39, 0.29) is 17.2 Å². The first-order valence-corrected chi connectivity index (χ1v) is 13.0. The number of hydrogen-bond donors (Lipinski definition) is 2. The van der Waals surface area contributed by atoms with Crippen LogP contribution < -0.4 is 11.3 Å². The van der Waals surface area contributed by atoms with E-state index in [2.05, 4.69) is 15.5 Å². The van der Waals surface area contributed by atoms with Gasteiger partial charge in [-0.25, -0.2) is 11.3 Å². The second kappa shape index (κ2) is 11.4. The van der Waals surface area contributed by atoms with Crippen LogP contribution >= 0.6 is 46.3 Å². The van der Waals surface area contributed by atoms with E-state index in [0.29, 0.717) is 26.2 Å². The molecule has 4 rings (SSSR count). The van der Waals surface area contributed by atoms with Crippen molar-refractivity contribution in [1.29, 1.82) is 0 Å². The van der Waals surface area contributed by atoms with Gasteiger partial charge in [0.05, 0.1) is 37.3 Å². The minimum atomic E-state index is -0.504. The summed E-state index contributed by atoms with van der Waals surface area (Å²) in [6.45, 7) is 1.84. The topological polar surface area (TPSA) is 118 Å². The molecule has 0 saturated heterocycles. The molecule has 1 atom stereocenters. The van der Waals surface area contributed by atoms with Crippen molar-refractivity contribution in [2.45, 2.75) is 18.7 Å². The molecule has 1 aliphatic heterocycles. The third-order valence-electron chi connectivity index (χ3n) is 5.19. The van der Waals surface area contributed by atoms with Crippen molar-refractivity contribution in [3.05, 3.63) is 96.8 Å². The van der Waals surface area contributed by atoms with Gasteiger partial charge < -0.3 is 0 Å². The molecular weight excluding hydrogens is 541 g/mol. The number of thiophene rings is 1. The normalized spacial score (nSPS) is 15.6. The summed E-state index contributed by atoms with van der Waals surface area (Å²) >= 11 is 14.4. The van der Waals surface area contributed by atoms with E-state index in [4.69, 9.17) is 29.0 Å². The lowest BCUT2D eigenvalue weighted by atomic mass is 10.0. The molecule has 0 bridgehead atoms. The van der Waals surface area contributed by atoms with Gasteiger partial charge in [0.2, 0.25) is 0 Å². The molecule has 0 aliphatic carbocycles. The molecule has 184 valence electrons. The Balaban J connectivity index is 1.37. The van der Waals surface area contributed by atoms with Crippen LogP contribution in [0.5, 0.6) is 0 Å². The van der Waals surface area contributed by atoms with Crippen LogP contribution in [0, 0.1) is 0 Å². The Kier molecular flexibility index (Phi) is 8.22. The van der Waals surface area contributed by atoms with Gasteiger partial charge in [-0.2, -0.15) is 5.10 Å². The average Bonchev–Trinajstić information content (AvgIpc) is 3.51. The van der Waals surface area contributed by atoms with Crippen molar-refractivity contribution in [2.24, 2.45) is 10.9 Å². The summed E-state index contributed by atoms with van der Waals surface area (Å²) in [6, 6.07) is 11.6. The number of amides is 2. The molecule has 8 nitrogen and oxygen atoms in total. The molecule has 1 aromatic carbocycles. The highest BCUT2D eigenvalue weighted by molar-refractivity contribution is 8.03. The van der Waals surface area contributed by atoms with Crippen molar-refractivity contribution in [3.8, 4) is 0 Å². The van der Waals surface area contributed by atoms with E-state index in [1.54, 1.807) is 55.1 Å². The first-order chi connectivity index (χ1) is 17.2. The molecule has 0 spiro atoms. The molecule has 3 heterocycles. The van der Waals surface area contributed by atoms with Gasteiger partial charge in [-0.05, 0) is 59.9 Å². The quantitative estimate of drug-likeness (QED) is 0.182. The summed E-state index contributed by atoms with van der Waals surface area (Å²) in [5, 5.41) is 7.19. The van der Waals surface area contributed by atoms with Gasteiger partial charge in [0.25, 0.3) is 11.8 Å². The molecule has 3 aromatic rings. The number of allylic oxidation sites excluding steroid dienone is 1. The van der Waals surface area contributed by atoms with Gasteiger partial charge in [0, 0.05) is 18.0 Å². The number of benzene rings is 1. The van der Waals surface area contributed by atoms with Crippen molar-refractivity contribution in [1.82, 2.24) is 15.4 Å². The number of ketones is 1. The van der Waals surface area contributed by atoms with Crippen LogP contribution in [0.1, 0.15) is 42.6 Å². The Morgan fingerprint density at radius 3 is 2.56 bits per heavy atom.